The van der Waals surface area contributed by atoms with E-state index in [1.54, 1.807) is 7.11 Å². The van der Waals surface area contributed by atoms with Gasteiger partial charge in [0.05, 0.1) is 0 Å². The molecule has 0 spiro atoms. The Bertz CT molecular complexity index is 127. The third kappa shape index (κ3) is 2.15. The van der Waals surface area contributed by atoms with Gasteiger partial charge in [-0.2, -0.15) is 0 Å². The average Bonchev–Trinajstić information content (AvgIpc) is 2.33. The molecular formula is C8H16O3. The monoisotopic (exact) mass is 160 g/mol. The quantitative estimate of drug-likeness (QED) is 0.626. The molecule has 11 heavy (non-hydrogen) atoms. The lowest BCUT2D eigenvalue weighted by Gasteiger charge is -2.21. The van der Waals surface area contributed by atoms with Crippen LogP contribution in [0.25, 0.3) is 0 Å². The van der Waals surface area contributed by atoms with Gasteiger partial charge in [-0.25, -0.2) is 0 Å². The fraction of sp³-hybridized carbons (Fsp3) is 1.00. The van der Waals surface area contributed by atoms with Gasteiger partial charge in [0, 0.05) is 13.5 Å². The van der Waals surface area contributed by atoms with Gasteiger partial charge in [-0.15, -0.1) is 0 Å². The lowest BCUT2D eigenvalue weighted by molar-refractivity contribution is -0.197. The predicted octanol–water partition coefficient (Wildman–Crippen LogP) is 1.52. The van der Waals surface area contributed by atoms with Gasteiger partial charge < -0.3 is 14.2 Å². The van der Waals surface area contributed by atoms with E-state index in [-0.39, 0.29) is 6.29 Å². The fourth-order valence-electron chi connectivity index (χ4n) is 1.29. The molecular weight excluding hydrogens is 144 g/mol. The Morgan fingerprint density at radius 2 is 2.36 bits per heavy atom. The molecule has 0 aromatic carbocycles. The summed E-state index contributed by atoms with van der Waals surface area (Å²) in [6.45, 7) is 4.61. The molecule has 0 aliphatic carbocycles. The van der Waals surface area contributed by atoms with E-state index in [0.717, 1.165) is 12.8 Å². The van der Waals surface area contributed by atoms with E-state index in [0.29, 0.717) is 6.61 Å². The number of methoxy groups -OCH3 is 1. The molecule has 2 atom stereocenters. The molecule has 1 heterocycles. The second-order valence-electron chi connectivity index (χ2n) is 2.98. The van der Waals surface area contributed by atoms with E-state index >= 15 is 0 Å². The SMILES string of the molecule is CCCC1(C)OCC(OC)O1. The van der Waals surface area contributed by atoms with E-state index < -0.39 is 5.79 Å². The molecule has 0 bridgehead atoms. The maximum absolute atomic E-state index is 5.49. The summed E-state index contributed by atoms with van der Waals surface area (Å²) in [7, 11) is 1.63. The smallest absolute Gasteiger partial charge is 0.183 e. The fourth-order valence-corrected chi connectivity index (χ4v) is 1.29. The molecule has 3 nitrogen and oxygen atoms in total. The highest BCUT2D eigenvalue weighted by Crippen LogP contribution is 2.27. The van der Waals surface area contributed by atoms with Gasteiger partial charge in [-0.3, -0.25) is 0 Å². The first kappa shape index (κ1) is 8.97. The molecule has 1 saturated heterocycles. The van der Waals surface area contributed by atoms with Gasteiger partial charge >= 0.3 is 0 Å². The molecule has 3 heteroatoms. The second kappa shape index (κ2) is 3.52. The first-order valence-electron chi connectivity index (χ1n) is 4.05. The summed E-state index contributed by atoms with van der Waals surface area (Å²) < 4.78 is 15.9. The molecule has 1 fully saturated rings. The standard InChI is InChI=1S/C8H16O3/c1-4-5-8(2)10-6-7(9-3)11-8/h7H,4-6H2,1-3H3. The number of rotatable bonds is 3. The van der Waals surface area contributed by atoms with Crippen LogP contribution < -0.4 is 0 Å². The van der Waals surface area contributed by atoms with E-state index in [9.17, 15) is 0 Å². The number of ether oxygens (including phenoxy) is 3. The van der Waals surface area contributed by atoms with Crippen molar-refractivity contribution in [2.75, 3.05) is 13.7 Å². The van der Waals surface area contributed by atoms with Gasteiger partial charge in [-0.05, 0) is 6.92 Å². The Morgan fingerprint density at radius 1 is 1.64 bits per heavy atom. The van der Waals surface area contributed by atoms with Crippen LogP contribution in [0.1, 0.15) is 26.7 Å². The van der Waals surface area contributed by atoms with Crippen molar-refractivity contribution in [3.8, 4) is 0 Å². The first-order chi connectivity index (χ1) is 5.20. The van der Waals surface area contributed by atoms with Gasteiger partial charge in [0.15, 0.2) is 12.1 Å². The zero-order valence-corrected chi connectivity index (χ0v) is 7.42. The minimum absolute atomic E-state index is 0.174. The Balaban J connectivity index is 2.37. The van der Waals surface area contributed by atoms with Crippen LogP contribution in [0, 0.1) is 0 Å². The number of hydrogen-bond donors (Lipinski definition) is 0. The first-order valence-corrected chi connectivity index (χ1v) is 4.05. The highest BCUT2D eigenvalue weighted by Gasteiger charge is 2.36. The Kier molecular flexibility index (Phi) is 2.87. The summed E-state index contributed by atoms with van der Waals surface area (Å²) in [4.78, 5) is 0. The van der Waals surface area contributed by atoms with E-state index in [4.69, 9.17) is 14.2 Å². The summed E-state index contributed by atoms with van der Waals surface area (Å²) in [5.74, 6) is -0.407. The van der Waals surface area contributed by atoms with E-state index in [1.807, 2.05) is 6.92 Å². The molecule has 2 unspecified atom stereocenters. The summed E-state index contributed by atoms with van der Waals surface area (Å²) in [5.41, 5.74) is 0. The molecule has 1 rings (SSSR count). The third-order valence-corrected chi connectivity index (χ3v) is 1.87. The lowest BCUT2D eigenvalue weighted by atomic mass is 10.2. The van der Waals surface area contributed by atoms with E-state index in [1.165, 1.54) is 0 Å². The number of hydrogen-bond acceptors (Lipinski definition) is 3. The molecule has 0 aromatic rings. The summed E-state index contributed by atoms with van der Waals surface area (Å²) in [5, 5.41) is 0. The molecule has 1 aliphatic rings. The maximum Gasteiger partial charge on any atom is 0.183 e. The van der Waals surface area contributed by atoms with Crippen LogP contribution >= 0.6 is 0 Å². The average molecular weight is 160 g/mol. The Morgan fingerprint density at radius 3 is 2.82 bits per heavy atom. The van der Waals surface area contributed by atoms with Crippen LogP contribution in [0.3, 0.4) is 0 Å². The van der Waals surface area contributed by atoms with Crippen molar-refractivity contribution < 1.29 is 14.2 Å². The molecule has 0 radical (unpaired) electrons. The molecule has 66 valence electrons. The Hall–Kier alpha value is -0.120. The van der Waals surface area contributed by atoms with Crippen molar-refractivity contribution in [2.45, 2.75) is 38.8 Å². The summed E-state index contributed by atoms with van der Waals surface area (Å²) in [6.07, 6.45) is 1.81. The second-order valence-corrected chi connectivity index (χ2v) is 2.98. The summed E-state index contributed by atoms with van der Waals surface area (Å²) >= 11 is 0. The Labute approximate surface area is 67.6 Å². The predicted molar refractivity (Wildman–Crippen MR) is 41.1 cm³/mol. The third-order valence-electron chi connectivity index (χ3n) is 1.87. The van der Waals surface area contributed by atoms with Crippen molar-refractivity contribution in [1.82, 2.24) is 0 Å². The largest absolute Gasteiger partial charge is 0.353 e. The van der Waals surface area contributed by atoms with Crippen molar-refractivity contribution in [2.24, 2.45) is 0 Å². The minimum Gasteiger partial charge on any atom is -0.353 e. The van der Waals surface area contributed by atoms with Crippen molar-refractivity contribution in [1.29, 1.82) is 0 Å². The van der Waals surface area contributed by atoms with Gasteiger partial charge in [0.1, 0.15) is 6.61 Å². The van der Waals surface area contributed by atoms with Crippen LogP contribution in [0.5, 0.6) is 0 Å². The van der Waals surface area contributed by atoms with Crippen LogP contribution in [-0.2, 0) is 14.2 Å². The zero-order valence-electron chi connectivity index (χ0n) is 7.42. The van der Waals surface area contributed by atoms with Gasteiger partial charge in [0.25, 0.3) is 0 Å². The van der Waals surface area contributed by atoms with E-state index in [2.05, 4.69) is 6.92 Å². The van der Waals surface area contributed by atoms with Gasteiger partial charge in [0.2, 0.25) is 0 Å². The highest BCUT2D eigenvalue weighted by atomic mass is 16.8. The van der Waals surface area contributed by atoms with Crippen LogP contribution in [0.2, 0.25) is 0 Å². The topological polar surface area (TPSA) is 27.7 Å². The van der Waals surface area contributed by atoms with Crippen LogP contribution in [0.15, 0.2) is 0 Å². The van der Waals surface area contributed by atoms with Crippen molar-refractivity contribution in [3.05, 3.63) is 0 Å². The highest BCUT2D eigenvalue weighted by molar-refractivity contribution is 4.69. The maximum atomic E-state index is 5.49. The zero-order chi connectivity index (χ0) is 8.32. The van der Waals surface area contributed by atoms with Crippen molar-refractivity contribution in [3.63, 3.8) is 0 Å². The normalized spacial score (nSPS) is 37.9. The molecule has 0 saturated carbocycles. The van der Waals surface area contributed by atoms with Crippen LogP contribution in [-0.4, -0.2) is 25.8 Å². The lowest BCUT2D eigenvalue weighted by Crippen LogP contribution is -2.26. The summed E-state index contributed by atoms with van der Waals surface area (Å²) in [6, 6.07) is 0. The van der Waals surface area contributed by atoms with Crippen molar-refractivity contribution >= 4 is 0 Å². The van der Waals surface area contributed by atoms with Gasteiger partial charge in [-0.1, -0.05) is 13.3 Å². The molecule has 0 aromatic heterocycles. The molecule has 0 amide bonds. The molecule has 1 aliphatic heterocycles. The van der Waals surface area contributed by atoms with Crippen LogP contribution in [0.4, 0.5) is 0 Å². The minimum atomic E-state index is -0.407. The molecule has 0 N–H and O–H groups in total.